The molecule has 6 rings (SSSR count). The normalized spacial score (nSPS) is 11.5. The predicted molar refractivity (Wildman–Crippen MR) is 114 cm³/mol. The summed E-state index contributed by atoms with van der Waals surface area (Å²) in [5.74, 6) is 0.667. The van der Waals surface area contributed by atoms with Gasteiger partial charge in [0.05, 0.1) is 34.4 Å². The molecule has 144 valence electrons. The molecule has 30 heavy (non-hydrogen) atoms. The van der Waals surface area contributed by atoms with Crippen LogP contribution in [0.1, 0.15) is 5.69 Å². The molecule has 1 aromatic carbocycles. The highest BCUT2D eigenvalue weighted by Gasteiger charge is 2.16. The van der Waals surface area contributed by atoms with E-state index in [1.54, 1.807) is 18.7 Å². The smallest absolute Gasteiger partial charge is 0.161 e. The molecule has 0 spiro atoms. The van der Waals surface area contributed by atoms with Gasteiger partial charge < -0.3 is 9.55 Å². The third kappa shape index (κ3) is 2.58. The fraction of sp³-hybridized carbons (Fsp3) is 0.0455. The molecular weight excluding hydrogens is 376 g/mol. The van der Waals surface area contributed by atoms with Gasteiger partial charge in [-0.1, -0.05) is 6.07 Å². The summed E-state index contributed by atoms with van der Waals surface area (Å²) < 4.78 is 1.98. The van der Waals surface area contributed by atoms with Crippen molar-refractivity contribution in [3.05, 3.63) is 73.1 Å². The molecule has 8 heteroatoms. The van der Waals surface area contributed by atoms with Crippen molar-refractivity contribution in [1.82, 2.24) is 39.7 Å². The Morgan fingerprint density at radius 1 is 0.900 bits per heavy atom. The number of aryl methyl sites for hydroxylation is 1. The molecule has 0 saturated heterocycles. The lowest BCUT2D eigenvalue weighted by molar-refractivity contribution is 1.06. The van der Waals surface area contributed by atoms with E-state index in [0.717, 1.165) is 44.7 Å². The molecule has 0 aliphatic carbocycles. The minimum Gasteiger partial charge on any atom is -0.336 e. The van der Waals surface area contributed by atoms with Gasteiger partial charge in [-0.3, -0.25) is 10.1 Å². The molecule has 0 aliphatic heterocycles. The highest BCUT2D eigenvalue weighted by molar-refractivity contribution is 5.93. The third-order valence-corrected chi connectivity index (χ3v) is 5.09. The molecule has 6 aromatic rings. The largest absolute Gasteiger partial charge is 0.336 e. The second-order valence-corrected chi connectivity index (χ2v) is 7.08. The first-order valence-corrected chi connectivity index (χ1v) is 9.52. The highest BCUT2D eigenvalue weighted by Crippen LogP contribution is 2.29. The maximum atomic E-state index is 4.86. The quantitative estimate of drug-likeness (QED) is 0.473. The molecule has 0 radical (unpaired) electrons. The van der Waals surface area contributed by atoms with Crippen LogP contribution in [0, 0.1) is 6.92 Å². The van der Waals surface area contributed by atoms with E-state index in [-0.39, 0.29) is 0 Å². The highest BCUT2D eigenvalue weighted by atomic mass is 15.2. The monoisotopic (exact) mass is 392 g/mol. The van der Waals surface area contributed by atoms with E-state index >= 15 is 0 Å². The van der Waals surface area contributed by atoms with Gasteiger partial charge in [0.25, 0.3) is 0 Å². The number of para-hydroxylation sites is 1. The SMILES string of the molecule is Cc1cn(-c2cccc3[nH]c(-c4n[nH]c5ccc(-c6ccncc6)nc45)nc23)cn1. The topological polar surface area (TPSA) is 101 Å². The van der Waals surface area contributed by atoms with Gasteiger partial charge in [0.15, 0.2) is 11.5 Å². The van der Waals surface area contributed by atoms with Crippen LogP contribution >= 0.6 is 0 Å². The summed E-state index contributed by atoms with van der Waals surface area (Å²) >= 11 is 0. The van der Waals surface area contributed by atoms with Crippen molar-refractivity contribution in [2.24, 2.45) is 0 Å². The lowest BCUT2D eigenvalue weighted by Crippen LogP contribution is -1.91. The summed E-state index contributed by atoms with van der Waals surface area (Å²) in [7, 11) is 0. The summed E-state index contributed by atoms with van der Waals surface area (Å²) in [5.41, 5.74) is 7.86. The Bertz CT molecular complexity index is 1510. The number of aromatic amines is 2. The Hall–Kier alpha value is -4.33. The fourth-order valence-corrected chi connectivity index (χ4v) is 3.64. The van der Waals surface area contributed by atoms with Crippen LogP contribution in [0.25, 0.3) is 50.5 Å². The van der Waals surface area contributed by atoms with Crippen molar-refractivity contribution in [2.45, 2.75) is 6.92 Å². The number of hydrogen-bond acceptors (Lipinski definition) is 5. The van der Waals surface area contributed by atoms with Crippen molar-refractivity contribution in [3.63, 3.8) is 0 Å². The molecule has 0 fully saturated rings. The maximum absolute atomic E-state index is 4.86. The molecule has 0 aliphatic rings. The molecule has 2 N–H and O–H groups in total. The van der Waals surface area contributed by atoms with Crippen molar-refractivity contribution < 1.29 is 0 Å². The van der Waals surface area contributed by atoms with E-state index < -0.39 is 0 Å². The van der Waals surface area contributed by atoms with Crippen LogP contribution < -0.4 is 0 Å². The number of nitrogens with one attached hydrogen (secondary N) is 2. The molecule has 0 unspecified atom stereocenters. The number of rotatable bonds is 3. The van der Waals surface area contributed by atoms with Gasteiger partial charge in [0, 0.05) is 24.2 Å². The van der Waals surface area contributed by atoms with Crippen LogP contribution in [0.3, 0.4) is 0 Å². The molecule has 5 aromatic heterocycles. The lowest BCUT2D eigenvalue weighted by Gasteiger charge is -2.01. The Labute approximate surface area is 170 Å². The Morgan fingerprint density at radius 3 is 2.63 bits per heavy atom. The van der Waals surface area contributed by atoms with E-state index in [9.17, 15) is 0 Å². The van der Waals surface area contributed by atoms with Gasteiger partial charge in [-0.15, -0.1) is 0 Å². The van der Waals surface area contributed by atoms with E-state index in [1.165, 1.54) is 0 Å². The predicted octanol–water partition coefficient (Wildman–Crippen LogP) is 4.06. The molecule has 0 saturated carbocycles. The minimum absolute atomic E-state index is 0.667. The summed E-state index contributed by atoms with van der Waals surface area (Å²) in [5, 5.41) is 7.55. The summed E-state index contributed by atoms with van der Waals surface area (Å²) in [6, 6.07) is 13.9. The summed E-state index contributed by atoms with van der Waals surface area (Å²) in [6.07, 6.45) is 7.30. The minimum atomic E-state index is 0.667. The lowest BCUT2D eigenvalue weighted by atomic mass is 10.1. The number of aromatic nitrogens is 8. The molecule has 0 atom stereocenters. The Morgan fingerprint density at radius 2 is 1.80 bits per heavy atom. The van der Waals surface area contributed by atoms with Crippen LogP contribution in [0.4, 0.5) is 0 Å². The van der Waals surface area contributed by atoms with Gasteiger partial charge in [-0.25, -0.2) is 15.0 Å². The van der Waals surface area contributed by atoms with Crippen LogP contribution in [0.15, 0.2) is 67.4 Å². The third-order valence-electron chi connectivity index (χ3n) is 5.09. The molecule has 8 nitrogen and oxygen atoms in total. The molecule has 0 bridgehead atoms. The number of imidazole rings is 2. The van der Waals surface area contributed by atoms with Crippen molar-refractivity contribution in [1.29, 1.82) is 0 Å². The van der Waals surface area contributed by atoms with Crippen LogP contribution in [-0.4, -0.2) is 39.7 Å². The number of pyridine rings is 2. The Kier molecular flexibility index (Phi) is 3.51. The molecular formula is C22H16N8. The molecule has 0 amide bonds. The van der Waals surface area contributed by atoms with Crippen molar-refractivity contribution in [3.8, 4) is 28.5 Å². The van der Waals surface area contributed by atoms with Gasteiger partial charge >= 0.3 is 0 Å². The van der Waals surface area contributed by atoms with Gasteiger partial charge in [-0.05, 0) is 43.3 Å². The number of fused-ring (bicyclic) bond motifs is 2. The van der Waals surface area contributed by atoms with E-state index in [4.69, 9.17) is 9.97 Å². The van der Waals surface area contributed by atoms with Gasteiger partial charge in [0.1, 0.15) is 11.0 Å². The number of H-pyrrole nitrogens is 2. The first kappa shape index (κ1) is 16.6. The van der Waals surface area contributed by atoms with E-state index in [0.29, 0.717) is 11.5 Å². The van der Waals surface area contributed by atoms with E-state index in [2.05, 4.69) is 25.1 Å². The fourth-order valence-electron chi connectivity index (χ4n) is 3.64. The number of hydrogen-bond donors (Lipinski definition) is 2. The summed E-state index contributed by atoms with van der Waals surface area (Å²) in [4.78, 5) is 21.5. The zero-order valence-electron chi connectivity index (χ0n) is 16.0. The zero-order chi connectivity index (χ0) is 20.1. The zero-order valence-corrected chi connectivity index (χ0v) is 16.0. The Balaban J connectivity index is 1.52. The molecule has 5 heterocycles. The van der Waals surface area contributed by atoms with Gasteiger partial charge in [-0.2, -0.15) is 5.10 Å². The summed E-state index contributed by atoms with van der Waals surface area (Å²) in [6.45, 7) is 1.97. The average Bonchev–Trinajstić information content (AvgIpc) is 3.51. The number of benzene rings is 1. The van der Waals surface area contributed by atoms with Crippen LogP contribution in [0.2, 0.25) is 0 Å². The van der Waals surface area contributed by atoms with Crippen molar-refractivity contribution in [2.75, 3.05) is 0 Å². The number of nitrogens with zero attached hydrogens (tertiary/aromatic N) is 6. The van der Waals surface area contributed by atoms with Crippen molar-refractivity contribution >= 4 is 22.1 Å². The average molecular weight is 392 g/mol. The first-order valence-electron chi connectivity index (χ1n) is 9.52. The van der Waals surface area contributed by atoms with Crippen LogP contribution in [0.5, 0.6) is 0 Å². The maximum Gasteiger partial charge on any atom is 0.161 e. The van der Waals surface area contributed by atoms with Crippen LogP contribution in [-0.2, 0) is 0 Å². The first-order chi connectivity index (χ1) is 14.8. The van der Waals surface area contributed by atoms with Gasteiger partial charge in [0.2, 0.25) is 0 Å². The standard InChI is InChI=1S/C22H16N8/c1-13-11-30(12-24-13)18-4-2-3-16-19(18)27-22(26-16)21-20-17(28-29-21)6-5-15(25-20)14-7-9-23-10-8-14/h2-12H,1H3,(H,26,27)(H,28,29). The second-order valence-electron chi connectivity index (χ2n) is 7.08. The second kappa shape index (κ2) is 6.35. The van der Waals surface area contributed by atoms with E-state index in [1.807, 2.05) is 60.2 Å².